The maximum Gasteiger partial charge on any atom is 0.120 e. The number of anilines is 1. The molecule has 1 aromatic carbocycles. The summed E-state index contributed by atoms with van der Waals surface area (Å²) in [6.45, 7) is 2.17. The number of rotatable bonds is 1. The number of benzene rings is 1. The predicted molar refractivity (Wildman–Crippen MR) is 65.7 cm³/mol. The van der Waals surface area contributed by atoms with E-state index in [1.165, 1.54) is 11.3 Å². The molecule has 0 fully saturated rings. The van der Waals surface area contributed by atoms with Gasteiger partial charge < -0.3 is 10.1 Å². The summed E-state index contributed by atoms with van der Waals surface area (Å²) in [7, 11) is 1.70. The second-order valence-electron chi connectivity index (χ2n) is 4.54. The van der Waals surface area contributed by atoms with Gasteiger partial charge in [0, 0.05) is 17.7 Å². The summed E-state index contributed by atoms with van der Waals surface area (Å²) in [5.41, 5.74) is 2.62. The van der Waals surface area contributed by atoms with Crippen LogP contribution in [0.25, 0.3) is 0 Å². The van der Waals surface area contributed by atoms with E-state index in [0.29, 0.717) is 18.0 Å². The molecular weight excluding hydrogens is 200 g/mol. The molecule has 2 unspecified atom stereocenters. The van der Waals surface area contributed by atoms with Gasteiger partial charge in [0.1, 0.15) is 5.75 Å². The number of hydrogen-bond donors (Lipinski definition) is 1. The normalized spacial score (nSPS) is 30.5. The molecule has 0 radical (unpaired) electrons. The molecule has 16 heavy (non-hydrogen) atoms. The number of ether oxygens (including phenoxy) is 1. The molecule has 1 aromatic rings. The Morgan fingerprint density at radius 3 is 3.12 bits per heavy atom. The molecule has 3 atom stereocenters. The van der Waals surface area contributed by atoms with Crippen molar-refractivity contribution in [2.75, 3.05) is 12.4 Å². The van der Waals surface area contributed by atoms with Gasteiger partial charge in [-0.25, -0.2) is 0 Å². The first-order valence-corrected chi connectivity index (χ1v) is 5.75. The monoisotopic (exact) mass is 216 g/mol. The van der Waals surface area contributed by atoms with Gasteiger partial charge in [-0.3, -0.25) is 4.99 Å². The van der Waals surface area contributed by atoms with Crippen LogP contribution in [0.1, 0.15) is 24.8 Å². The summed E-state index contributed by atoms with van der Waals surface area (Å²) in [6.07, 6.45) is 3.11. The van der Waals surface area contributed by atoms with Crippen LogP contribution in [0.2, 0.25) is 0 Å². The zero-order valence-corrected chi connectivity index (χ0v) is 9.60. The molecule has 0 saturated heterocycles. The number of hydrogen-bond acceptors (Lipinski definition) is 3. The Kier molecular flexibility index (Phi) is 2.13. The van der Waals surface area contributed by atoms with Gasteiger partial charge in [0.05, 0.1) is 19.2 Å². The average molecular weight is 216 g/mol. The lowest BCUT2D eigenvalue weighted by Crippen LogP contribution is -2.34. The fraction of sp³-hybridized carbons (Fsp3) is 0.462. The first kappa shape index (κ1) is 9.70. The Labute approximate surface area is 95.5 Å². The number of fused-ring (bicyclic) bond motifs is 3. The van der Waals surface area contributed by atoms with E-state index >= 15 is 0 Å². The molecule has 1 N–H and O–H groups in total. The largest absolute Gasteiger partial charge is 0.497 e. The van der Waals surface area contributed by atoms with Crippen LogP contribution in [0.4, 0.5) is 5.69 Å². The molecule has 0 aliphatic carbocycles. The van der Waals surface area contributed by atoms with Crippen molar-refractivity contribution in [3.8, 4) is 5.75 Å². The molecule has 84 valence electrons. The van der Waals surface area contributed by atoms with E-state index in [4.69, 9.17) is 4.74 Å². The quantitative estimate of drug-likeness (QED) is 0.782. The van der Waals surface area contributed by atoms with Gasteiger partial charge in [-0.15, -0.1) is 0 Å². The van der Waals surface area contributed by atoms with Crippen molar-refractivity contribution in [3.63, 3.8) is 0 Å². The zero-order valence-electron chi connectivity index (χ0n) is 9.60. The highest BCUT2D eigenvalue weighted by Crippen LogP contribution is 2.42. The average Bonchev–Trinajstić information content (AvgIpc) is 2.68. The minimum absolute atomic E-state index is 0.358. The summed E-state index contributed by atoms with van der Waals surface area (Å²) >= 11 is 0. The van der Waals surface area contributed by atoms with Gasteiger partial charge in [0.2, 0.25) is 0 Å². The van der Waals surface area contributed by atoms with Crippen molar-refractivity contribution in [1.82, 2.24) is 0 Å². The van der Waals surface area contributed by atoms with Gasteiger partial charge in [0.15, 0.2) is 0 Å². The van der Waals surface area contributed by atoms with E-state index in [1.54, 1.807) is 7.11 Å². The van der Waals surface area contributed by atoms with Crippen LogP contribution < -0.4 is 10.1 Å². The molecule has 2 aliphatic heterocycles. The lowest BCUT2D eigenvalue weighted by molar-refractivity contribution is 0.415. The summed E-state index contributed by atoms with van der Waals surface area (Å²) in [5.74, 6) is 1.49. The Balaban J connectivity index is 1.99. The van der Waals surface area contributed by atoms with Crippen molar-refractivity contribution < 1.29 is 4.74 Å². The van der Waals surface area contributed by atoms with E-state index in [1.807, 2.05) is 6.07 Å². The molecule has 0 saturated carbocycles. The smallest absolute Gasteiger partial charge is 0.120 e. The molecule has 0 aromatic heterocycles. The van der Waals surface area contributed by atoms with Crippen LogP contribution in [0.5, 0.6) is 5.75 Å². The van der Waals surface area contributed by atoms with Gasteiger partial charge in [-0.05, 0) is 31.2 Å². The van der Waals surface area contributed by atoms with Crippen molar-refractivity contribution in [3.05, 3.63) is 23.8 Å². The third-order valence-corrected chi connectivity index (χ3v) is 3.64. The minimum atomic E-state index is 0.358. The SMILES string of the molecule is COc1ccc2c(c1)NC1C2CC=N[C@@H]1C. The molecular formula is C13H16N2O. The molecule has 0 spiro atoms. The first-order chi connectivity index (χ1) is 7.79. The molecule has 3 rings (SSSR count). The Morgan fingerprint density at radius 1 is 1.44 bits per heavy atom. The van der Waals surface area contributed by atoms with E-state index in [-0.39, 0.29) is 0 Å². The van der Waals surface area contributed by atoms with Crippen molar-refractivity contribution >= 4 is 11.9 Å². The zero-order chi connectivity index (χ0) is 11.1. The molecule has 3 heteroatoms. The predicted octanol–water partition coefficient (Wildman–Crippen LogP) is 2.44. The van der Waals surface area contributed by atoms with Gasteiger partial charge in [0.25, 0.3) is 0 Å². The topological polar surface area (TPSA) is 33.6 Å². The highest BCUT2D eigenvalue weighted by atomic mass is 16.5. The number of nitrogens with one attached hydrogen (secondary N) is 1. The lowest BCUT2D eigenvalue weighted by Gasteiger charge is -2.26. The minimum Gasteiger partial charge on any atom is -0.497 e. The second-order valence-corrected chi connectivity index (χ2v) is 4.54. The molecule has 3 nitrogen and oxygen atoms in total. The number of methoxy groups -OCH3 is 1. The van der Waals surface area contributed by atoms with Gasteiger partial charge in [-0.2, -0.15) is 0 Å². The first-order valence-electron chi connectivity index (χ1n) is 5.75. The second kappa shape index (κ2) is 3.51. The Hall–Kier alpha value is -1.51. The van der Waals surface area contributed by atoms with E-state index in [0.717, 1.165) is 12.2 Å². The maximum atomic E-state index is 5.25. The summed E-state index contributed by atoms with van der Waals surface area (Å²) < 4.78 is 5.25. The van der Waals surface area contributed by atoms with Gasteiger partial charge in [-0.1, -0.05) is 6.07 Å². The summed E-state index contributed by atoms with van der Waals surface area (Å²) in [6, 6.07) is 7.11. The molecule has 0 bridgehead atoms. The van der Waals surface area contributed by atoms with Crippen LogP contribution in [-0.4, -0.2) is 25.4 Å². The van der Waals surface area contributed by atoms with Crippen molar-refractivity contribution in [1.29, 1.82) is 0 Å². The fourth-order valence-corrected chi connectivity index (χ4v) is 2.75. The highest BCUT2D eigenvalue weighted by Gasteiger charge is 2.36. The van der Waals surface area contributed by atoms with Crippen molar-refractivity contribution in [2.24, 2.45) is 4.99 Å². The summed E-state index contributed by atoms with van der Waals surface area (Å²) in [5, 5.41) is 3.57. The number of aliphatic imine (C=N–C) groups is 1. The van der Waals surface area contributed by atoms with Crippen LogP contribution in [0.3, 0.4) is 0 Å². The standard InChI is InChI=1S/C13H16N2O/c1-8-13-11(5-6-14-8)10-4-3-9(16-2)7-12(10)15-13/h3-4,6-8,11,13,15H,5H2,1-2H3/t8-,11?,13?/m1/s1. The fourth-order valence-electron chi connectivity index (χ4n) is 2.75. The lowest BCUT2D eigenvalue weighted by atomic mass is 9.87. The summed E-state index contributed by atoms with van der Waals surface area (Å²) in [4.78, 5) is 4.48. The van der Waals surface area contributed by atoms with E-state index in [9.17, 15) is 0 Å². The third-order valence-electron chi connectivity index (χ3n) is 3.64. The van der Waals surface area contributed by atoms with Crippen LogP contribution in [0, 0.1) is 0 Å². The third kappa shape index (κ3) is 1.31. The van der Waals surface area contributed by atoms with Crippen LogP contribution in [-0.2, 0) is 0 Å². The van der Waals surface area contributed by atoms with Crippen LogP contribution in [0.15, 0.2) is 23.2 Å². The van der Waals surface area contributed by atoms with Crippen LogP contribution >= 0.6 is 0 Å². The van der Waals surface area contributed by atoms with E-state index in [2.05, 4.69) is 35.6 Å². The Morgan fingerprint density at radius 2 is 2.31 bits per heavy atom. The highest BCUT2D eigenvalue weighted by molar-refractivity contribution is 5.69. The van der Waals surface area contributed by atoms with Crippen molar-refractivity contribution in [2.45, 2.75) is 31.3 Å². The van der Waals surface area contributed by atoms with E-state index < -0.39 is 0 Å². The Bertz CT molecular complexity index is 442. The maximum absolute atomic E-state index is 5.25. The number of nitrogens with zero attached hydrogens (tertiary/aromatic N) is 1. The van der Waals surface area contributed by atoms with Gasteiger partial charge >= 0.3 is 0 Å². The molecule has 0 amide bonds. The molecule has 2 heterocycles. The molecule has 2 aliphatic rings.